The number of amides is 2. The van der Waals surface area contributed by atoms with Gasteiger partial charge in [0.05, 0.1) is 19.6 Å². The third kappa shape index (κ3) is 6.52. The molecule has 1 N–H and O–H groups in total. The van der Waals surface area contributed by atoms with E-state index in [9.17, 15) is 9.59 Å². The van der Waals surface area contributed by atoms with Crippen molar-refractivity contribution < 1.29 is 14.3 Å². The fourth-order valence-corrected chi connectivity index (χ4v) is 3.34. The van der Waals surface area contributed by atoms with Crippen LogP contribution in [-0.2, 0) is 22.5 Å². The van der Waals surface area contributed by atoms with Crippen LogP contribution in [0.5, 0.6) is 0 Å². The summed E-state index contributed by atoms with van der Waals surface area (Å²) in [5.74, 6) is -0.117. The number of rotatable bonds is 9. The maximum absolute atomic E-state index is 13.3. The molecule has 0 atom stereocenters. The van der Waals surface area contributed by atoms with Gasteiger partial charge in [0.25, 0.3) is 5.91 Å². The van der Waals surface area contributed by atoms with Gasteiger partial charge in [-0.2, -0.15) is 0 Å². The van der Waals surface area contributed by atoms with Crippen molar-refractivity contribution in [3.8, 4) is 0 Å². The van der Waals surface area contributed by atoms with E-state index in [4.69, 9.17) is 4.74 Å². The normalized spacial score (nSPS) is 10.5. The first-order valence-corrected chi connectivity index (χ1v) is 10.3. The number of methoxy groups -OCH3 is 1. The summed E-state index contributed by atoms with van der Waals surface area (Å²) in [7, 11) is 1.60. The van der Waals surface area contributed by atoms with E-state index in [2.05, 4.69) is 11.4 Å². The Bertz CT molecular complexity index is 1000. The van der Waals surface area contributed by atoms with E-state index < -0.39 is 0 Å². The number of ether oxygens (including phenoxy) is 1. The number of anilines is 1. The minimum atomic E-state index is -0.0628. The van der Waals surface area contributed by atoms with Gasteiger partial charge in [-0.1, -0.05) is 60.2 Å². The Labute approximate surface area is 183 Å². The first-order chi connectivity index (χ1) is 15.1. The van der Waals surface area contributed by atoms with E-state index in [0.717, 1.165) is 22.4 Å². The molecule has 0 aromatic heterocycles. The predicted octanol–water partition coefficient (Wildman–Crippen LogP) is 4.15. The van der Waals surface area contributed by atoms with Crippen molar-refractivity contribution in [2.45, 2.75) is 19.9 Å². The molecule has 3 aromatic carbocycles. The summed E-state index contributed by atoms with van der Waals surface area (Å²) in [4.78, 5) is 27.1. The largest absolute Gasteiger partial charge is 0.383 e. The summed E-state index contributed by atoms with van der Waals surface area (Å²) < 4.78 is 4.95. The number of hydrogen-bond acceptors (Lipinski definition) is 3. The number of hydrogen-bond donors (Lipinski definition) is 1. The molecule has 0 saturated carbocycles. The molecule has 5 heteroatoms. The Morgan fingerprint density at radius 2 is 1.65 bits per heavy atom. The SMILES string of the molecule is COCCNC(=O)Cc1ccc(N(Cc2cccc(C)c2)C(=O)c2ccccc2)cc1. The van der Waals surface area contributed by atoms with Gasteiger partial charge in [-0.25, -0.2) is 0 Å². The summed E-state index contributed by atoms with van der Waals surface area (Å²) in [6.07, 6.45) is 0.286. The standard InChI is InChI=1S/C26H28N2O3/c1-20-7-6-8-22(17-20)19-28(26(30)23-9-4-3-5-10-23)24-13-11-21(12-14-24)18-25(29)27-15-16-31-2/h3-14,17H,15-16,18-19H2,1-2H3,(H,27,29). The molecule has 0 aliphatic heterocycles. The quantitative estimate of drug-likeness (QED) is 0.533. The van der Waals surface area contributed by atoms with E-state index in [0.29, 0.717) is 25.3 Å². The zero-order valence-corrected chi connectivity index (χ0v) is 18.0. The molecule has 160 valence electrons. The summed E-state index contributed by atoms with van der Waals surface area (Å²) in [6.45, 7) is 3.48. The highest BCUT2D eigenvalue weighted by molar-refractivity contribution is 6.06. The Balaban J connectivity index is 1.80. The number of carbonyl (C=O) groups excluding carboxylic acids is 2. The minimum Gasteiger partial charge on any atom is -0.383 e. The monoisotopic (exact) mass is 416 g/mol. The van der Waals surface area contributed by atoms with Gasteiger partial charge in [0.2, 0.25) is 5.91 Å². The second-order valence-corrected chi connectivity index (χ2v) is 7.43. The molecule has 31 heavy (non-hydrogen) atoms. The topological polar surface area (TPSA) is 58.6 Å². The van der Waals surface area contributed by atoms with Crippen LogP contribution < -0.4 is 10.2 Å². The molecule has 3 rings (SSSR count). The highest BCUT2D eigenvalue weighted by atomic mass is 16.5. The van der Waals surface area contributed by atoms with Crippen LogP contribution in [-0.4, -0.2) is 32.1 Å². The van der Waals surface area contributed by atoms with Gasteiger partial charge in [-0.3, -0.25) is 9.59 Å². The van der Waals surface area contributed by atoms with E-state index in [1.54, 1.807) is 12.0 Å². The molecule has 0 radical (unpaired) electrons. The van der Waals surface area contributed by atoms with Crippen molar-refractivity contribution in [1.82, 2.24) is 5.32 Å². The zero-order valence-electron chi connectivity index (χ0n) is 18.0. The van der Waals surface area contributed by atoms with E-state index >= 15 is 0 Å². The third-order valence-electron chi connectivity index (χ3n) is 4.93. The maximum atomic E-state index is 13.3. The highest BCUT2D eigenvalue weighted by Gasteiger charge is 2.18. The minimum absolute atomic E-state index is 0.0539. The van der Waals surface area contributed by atoms with Crippen molar-refractivity contribution in [3.05, 3.63) is 101 Å². The van der Waals surface area contributed by atoms with Crippen molar-refractivity contribution in [2.24, 2.45) is 0 Å². The Kier molecular flexibility index (Phi) is 7.96. The van der Waals surface area contributed by atoms with Crippen LogP contribution in [0, 0.1) is 6.92 Å². The lowest BCUT2D eigenvalue weighted by molar-refractivity contribution is -0.120. The molecule has 5 nitrogen and oxygen atoms in total. The molecule has 0 unspecified atom stereocenters. The molecule has 0 spiro atoms. The lowest BCUT2D eigenvalue weighted by Gasteiger charge is -2.24. The molecule has 0 aliphatic carbocycles. The predicted molar refractivity (Wildman–Crippen MR) is 123 cm³/mol. The Hall–Kier alpha value is -3.44. The van der Waals surface area contributed by atoms with Gasteiger partial charge >= 0.3 is 0 Å². The van der Waals surface area contributed by atoms with Gasteiger partial charge < -0.3 is 15.0 Å². The first-order valence-electron chi connectivity index (χ1n) is 10.3. The van der Waals surface area contributed by atoms with Crippen molar-refractivity contribution in [2.75, 3.05) is 25.2 Å². The van der Waals surface area contributed by atoms with Crippen molar-refractivity contribution in [3.63, 3.8) is 0 Å². The second kappa shape index (κ2) is 11.1. The molecule has 0 aliphatic rings. The molecular weight excluding hydrogens is 388 g/mol. The van der Waals surface area contributed by atoms with Crippen molar-refractivity contribution >= 4 is 17.5 Å². The molecule has 0 saturated heterocycles. The number of benzene rings is 3. The number of aryl methyl sites for hydroxylation is 1. The summed E-state index contributed by atoms with van der Waals surface area (Å²) in [5.41, 5.74) is 4.53. The molecule has 0 bridgehead atoms. The van der Waals surface area contributed by atoms with Crippen LogP contribution in [0.15, 0.2) is 78.9 Å². The van der Waals surface area contributed by atoms with E-state index in [1.807, 2.05) is 79.7 Å². The van der Waals surface area contributed by atoms with E-state index in [1.165, 1.54) is 0 Å². The van der Waals surface area contributed by atoms with Gasteiger partial charge in [0.1, 0.15) is 0 Å². The number of carbonyl (C=O) groups is 2. The molecule has 2 amide bonds. The maximum Gasteiger partial charge on any atom is 0.258 e. The van der Waals surface area contributed by atoms with Gasteiger partial charge in [0, 0.05) is 24.9 Å². The number of nitrogens with zero attached hydrogens (tertiary/aromatic N) is 1. The summed E-state index contributed by atoms with van der Waals surface area (Å²) >= 11 is 0. The third-order valence-corrected chi connectivity index (χ3v) is 4.93. The van der Waals surface area contributed by atoms with E-state index in [-0.39, 0.29) is 18.2 Å². The van der Waals surface area contributed by atoms with Crippen LogP contribution in [0.4, 0.5) is 5.69 Å². The average molecular weight is 417 g/mol. The Morgan fingerprint density at radius 3 is 2.32 bits per heavy atom. The summed E-state index contributed by atoms with van der Waals surface area (Å²) in [5, 5.41) is 2.82. The molecule has 0 fully saturated rings. The smallest absolute Gasteiger partial charge is 0.258 e. The van der Waals surface area contributed by atoms with Gasteiger partial charge in [0.15, 0.2) is 0 Å². The zero-order chi connectivity index (χ0) is 22.1. The molecular formula is C26H28N2O3. The van der Waals surface area contributed by atoms with Crippen LogP contribution >= 0.6 is 0 Å². The molecule has 0 heterocycles. The van der Waals surface area contributed by atoms with Crippen molar-refractivity contribution in [1.29, 1.82) is 0 Å². The highest BCUT2D eigenvalue weighted by Crippen LogP contribution is 2.22. The lowest BCUT2D eigenvalue weighted by atomic mass is 10.1. The first kappa shape index (κ1) is 22.2. The molecule has 3 aromatic rings. The Morgan fingerprint density at radius 1 is 0.903 bits per heavy atom. The lowest BCUT2D eigenvalue weighted by Crippen LogP contribution is -2.30. The van der Waals surface area contributed by atoms with Crippen LogP contribution in [0.25, 0.3) is 0 Å². The second-order valence-electron chi connectivity index (χ2n) is 7.43. The van der Waals surface area contributed by atoms with Crippen LogP contribution in [0.2, 0.25) is 0 Å². The van der Waals surface area contributed by atoms with Gasteiger partial charge in [-0.15, -0.1) is 0 Å². The van der Waals surface area contributed by atoms with Crippen LogP contribution in [0.3, 0.4) is 0 Å². The van der Waals surface area contributed by atoms with Crippen LogP contribution in [0.1, 0.15) is 27.0 Å². The summed E-state index contributed by atoms with van der Waals surface area (Å²) in [6, 6.07) is 25.0. The average Bonchev–Trinajstić information content (AvgIpc) is 2.78. The van der Waals surface area contributed by atoms with Gasteiger partial charge in [-0.05, 0) is 42.3 Å². The number of nitrogens with one attached hydrogen (secondary N) is 1. The fourth-order valence-electron chi connectivity index (χ4n) is 3.34. The fraction of sp³-hybridized carbons (Fsp3) is 0.231.